The van der Waals surface area contributed by atoms with E-state index < -0.39 is 6.10 Å². The van der Waals surface area contributed by atoms with Gasteiger partial charge in [-0.05, 0) is 48.9 Å². The van der Waals surface area contributed by atoms with Crippen molar-refractivity contribution < 1.29 is 19.4 Å². The van der Waals surface area contributed by atoms with Crippen LogP contribution in [0.15, 0.2) is 0 Å². The third kappa shape index (κ3) is 5.33. The molecule has 0 spiro atoms. The smallest absolute Gasteiger partial charge is 0.225 e. The molecule has 0 aliphatic heterocycles. The predicted octanol–water partition coefficient (Wildman–Crippen LogP) is 2.34. The average molecular weight is 422 g/mol. The van der Waals surface area contributed by atoms with Crippen molar-refractivity contribution >= 4 is 11.8 Å². The quantitative estimate of drug-likeness (QED) is 0.626. The number of aliphatic hydroxyl groups excluding tert-OH is 1. The van der Waals surface area contributed by atoms with Crippen molar-refractivity contribution in [1.29, 1.82) is 5.26 Å². The zero-order valence-corrected chi connectivity index (χ0v) is 19.2. The van der Waals surface area contributed by atoms with Crippen molar-refractivity contribution in [2.75, 3.05) is 27.3 Å². The number of aliphatic hydroxyl groups is 1. The van der Waals surface area contributed by atoms with E-state index in [0.717, 1.165) is 25.7 Å². The summed E-state index contributed by atoms with van der Waals surface area (Å²) in [4.78, 5) is 26.7. The van der Waals surface area contributed by atoms with Crippen molar-refractivity contribution in [2.45, 2.75) is 71.4 Å². The highest BCUT2D eigenvalue weighted by molar-refractivity contribution is 5.78. The van der Waals surface area contributed by atoms with Crippen molar-refractivity contribution in [1.82, 2.24) is 10.2 Å². The number of ether oxygens (including phenoxy) is 1. The molecule has 0 saturated heterocycles. The van der Waals surface area contributed by atoms with Gasteiger partial charge >= 0.3 is 0 Å². The summed E-state index contributed by atoms with van der Waals surface area (Å²) in [6.07, 6.45) is 3.75. The standard InChI is InChI=1S/C23H39N3O4/c1-15(22(29)26(4)13-6-12-24)17-7-10-23(3)11-8-18(16(2)20(23)21(17)28)25-19(27)9-14-30-5/h15-18,20-21,28H,6-11,13-14H2,1-5H3,(H,25,27). The molecule has 0 bridgehead atoms. The Kier molecular flexibility index (Phi) is 8.69. The first-order chi connectivity index (χ1) is 14.2. The number of rotatable bonds is 8. The van der Waals surface area contributed by atoms with Gasteiger partial charge < -0.3 is 20.1 Å². The molecule has 0 heterocycles. The van der Waals surface area contributed by atoms with E-state index in [9.17, 15) is 14.7 Å². The maximum atomic E-state index is 12.9. The zero-order valence-electron chi connectivity index (χ0n) is 19.2. The Morgan fingerprint density at radius 2 is 2.03 bits per heavy atom. The van der Waals surface area contributed by atoms with Crippen LogP contribution in [0, 0.1) is 40.4 Å². The number of carbonyl (C=O) groups is 2. The lowest BCUT2D eigenvalue weighted by Gasteiger charge is -2.56. The normalized spacial score (nSPS) is 34.4. The van der Waals surface area contributed by atoms with Gasteiger partial charge in [-0.3, -0.25) is 9.59 Å². The first-order valence-corrected chi connectivity index (χ1v) is 11.2. The summed E-state index contributed by atoms with van der Waals surface area (Å²) in [5, 5.41) is 23.3. The van der Waals surface area contributed by atoms with Crippen LogP contribution in [-0.4, -0.2) is 61.3 Å². The maximum absolute atomic E-state index is 12.9. The highest BCUT2D eigenvalue weighted by Crippen LogP contribution is 2.55. The molecule has 2 saturated carbocycles. The lowest BCUT2D eigenvalue weighted by Crippen LogP contribution is -2.58. The summed E-state index contributed by atoms with van der Waals surface area (Å²) >= 11 is 0. The van der Waals surface area contributed by atoms with Crippen LogP contribution in [0.2, 0.25) is 0 Å². The first kappa shape index (κ1) is 24.6. The minimum atomic E-state index is -0.583. The molecule has 0 aromatic heterocycles. The van der Waals surface area contributed by atoms with E-state index in [1.165, 1.54) is 0 Å². The Morgan fingerprint density at radius 1 is 1.37 bits per heavy atom. The van der Waals surface area contributed by atoms with E-state index in [4.69, 9.17) is 10.00 Å². The van der Waals surface area contributed by atoms with Gasteiger partial charge in [0.2, 0.25) is 11.8 Å². The van der Waals surface area contributed by atoms with E-state index in [1.807, 2.05) is 6.92 Å². The molecule has 7 atom stereocenters. The van der Waals surface area contributed by atoms with Gasteiger partial charge in [-0.25, -0.2) is 0 Å². The number of nitrogens with one attached hydrogen (secondary N) is 1. The van der Waals surface area contributed by atoms with E-state index in [1.54, 1.807) is 19.1 Å². The zero-order chi connectivity index (χ0) is 22.5. The lowest BCUT2D eigenvalue weighted by atomic mass is 9.51. The van der Waals surface area contributed by atoms with Gasteiger partial charge in [-0.15, -0.1) is 0 Å². The van der Waals surface area contributed by atoms with Crippen molar-refractivity contribution in [3.8, 4) is 6.07 Å². The molecule has 2 rings (SSSR count). The molecule has 7 nitrogen and oxygen atoms in total. The largest absolute Gasteiger partial charge is 0.392 e. The van der Waals surface area contributed by atoms with Crippen LogP contribution in [-0.2, 0) is 14.3 Å². The second kappa shape index (κ2) is 10.6. The van der Waals surface area contributed by atoms with Gasteiger partial charge in [0.1, 0.15) is 0 Å². The monoisotopic (exact) mass is 421 g/mol. The van der Waals surface area contributed by atoms with Crippen molar-refractivity contribution in [2.24, 2.45) is 29.1 Å². The second-order valence-corrected chi connectivity index (χ2v) is 9.64. The third-order valence-electron chi connectivity index (χ3n) is 7.73. The van der Waals surface area contributed by atoms with E-state index in [-0.39, 0.29) is 46.9 Å². The summed E-state index contributed by atoms with van der Waals surface area (Å²) in [5.41, 5.74) is 0.0264. The first-order valence-electron chi connectivity index (χ1n) is 11.2. The molecular weight excluding hydrogens is 382 g/mol. The highest BCUT2D eigenvalue weighted by atomic mass is 16.5. The highest BCUT2D eigenvalue weighted by Gasteiger charge is 2.54. The molecule has 0 radical (unpaired) electrons. The fraction of sp³-hybridized carbons (Fsp3) is 0.870. The van der Waals surface area contributed by atoms with Gasteiger partial charge in [-0.1, -0.05) is 20.8 Å². The summed E-state index contributed by atoms with van der Waals surface area (Å²) < 4.78 is 5.00. The Morgan fingerprint density at radius 3 is 2.67 bits per heavy atom. The average Bonchev–Trinajstić information content (AvgIpc) is 2.71. The Bertz CT molecular complexity index is 649. The maximum Gasteiger partial charge on any atom is 0.225 e. The molecule has 2 amide bonds. The number of fused-ring (bicyclic) bond motifs is 1. The Hall–Kier alpha value is -1.65. The number of nitrogens with zero attached hydrogens (tertiary/aromatic N) is 2. The molecule has 0 aromatic rings. The molecule has 30 heavy (non-hydrogen) atoms. The minimum absolute atomic E-state index is 0.00853. The molecular formula is C23H39N3O4. The topological polar surface area (TPSA) is 103 Å². The number of carbonyl (C=O) groups excluding carboxylic acids is 2. The van der Waals surface area contributed by atoms with Gasteiger partial charge in [0, 0.05) is 39.1 Å². The number of amides is 2. The number of methoxy groups -OCH3 is 1. The molecule has 7 heteroatoms. The van der Waals surface area contributed by atoms with Gasteiger partial charge in [0.25, 0.3) is 0 Å². The third-order valence-corrected chi connectivity index (χ3v) is 7.73. The van der Waals surface area contributed by atoms with Crippen LogP contribution in [0.1, 0.15) is 59.3 Å². The molecule has 7 unspecified atom stereocenters. The number of hydrogen-bond acceptors (Lipinski definition) is 5. The second-order valence-electron chi connectivity index (χ2n) is 9.64. The van der Waals surface area contributed by atoms with Crippen LogP contribution >= 0.6 is 0 Å². The SMILES string of the molecule is COCCC(=O)NC1CCC2(C)CCC(C(C)C(=O)N(C)CCC#N)C(O)C2C1C. The number of hydrogen-bond donors (Lipinski definition) is 2. The molecule has 0 aromatic carbocycles. The van der Waals surface area contributed by atoms with E-state index in [2.05, 4.69) is 25.2 Å². The van der Waals surface area contributed by atoms with Crippen molar-refractivity contribution in [3.05, 3.63) is 0 Å². The van der Waals surface area contributed by atoms with Gasteiger partial charge in [-0.2, -0.15) is 5.26 Å². The van der Waals surface area contributed by atoms with Gasteiger partial charge in [0.15, 0.2) is 0 Å². The summed E-state index contributed by atoms with van der Waals surface area (Å²) in [6.45, 7) is 7.09. The summed E-state index contributed by atoms with van der Waals surface area (Å²) in [5.74, 6) is -0.251. The van der Waals surface area contributed by atoms with Crippen LogP contribution < -0.4 is 5.32 Å². The molecule has 2 aliphatic rings. The van der Waals surface area contributed by atoms with Gasteiger partial charge in [0.05, 0.1) is 25.2 Å². The number of nitriles is 1. The van der Waals surface area contributed by atoms with Crippen LogP contribution in [0.25, 0.3) is 0 Å². The molecule has 2 aliphatic carbocycles. The Labute approximate surface area is 181 Å². The van der Waals surface area contributed by atoms with E-state index in [0.29, 0.717) is 26.0 Å². The van der Waals surface area contributed by atoms with Crippen LogP contribution in [0.5, 0.6) is 0 Å². The Balaban J connectivity index is 2.10. The van der Waals surface area contributed by atoms with Crippen molar-refractivity contribution in [3.63, 3.8) is 0 Å². The fourth-order valence-corrected chi connectivity index (χ4v) is 5.83. The molecule has 170 valence electrons. The summed E-state index contributed by atoms with van der Waals surface area (Å²) in [7, 11) is 3.31. The predicted molar refractivity (Wildman–Crippen MR) is 114 cm³/mol. The fourth-order valence-electron chi connectivity index (χ4n) is 5.83. The van der Waals surface area contributed by atoms with Crippen LogP contribution in [0.3, 0.4) is 0 Å². The van der Waals surface area contributed by atoms with E-state index >= 15 is 0 Å². The minimum Gasteiger partial charge on any atom is -0.392 e. The van der Waals surface area contributed by atoms with Crippen LogP contribution in [0.4, 0.5) is 0 Å². The molecule has 2 fully saturated rings. The molecule has 2 N–H and O–H groups in total. The summed E-state index contributed by atoms with van der Waals surface area (Å²) in [6, 6.07) is 2.11. The lowest BCUT2D eigenvalue weighted by molar-refractivity contribution is -0.150.